The zero-order valence-electron chi connectivity index (χ0n) is 12.4. The molecule has 1 aromatic carbocycles. The Hall–Kier alpha value is -1.01. The largest absolute Gasteiger partial charge is 0.493 e. The molecule has 0 fully saturated rings. The first kappa shape index (κ1) is 17.0. The van der Waals surface area contributed by atoms with Crippen molar-refractivity contribution in [3.05, 3.63) is 22.7 Å². The second-order valence-corrected chi connectivity index (χ2v) is 5.05. The smallest absolute Gasteiger partial charge is 0.179 e. The van der Waals surface area contributed by atoms with Crippen LogP contribution in [0.2, 0.25) is 5.02 Å². The molecule has 6 heteroatoms. The Bertz CT molecular complexity index is 429. The number of nitrogens with two attached hydrogens (primary N) is 1. The van der Waals surface area contributed by atoms with E-state index < -0.39 is 0 Å². The highest BCUT2D eigenvalue weighted by molar-refractivity contribution is 6.32. The van der Waals surface area contributed by atoms with Gasteiger partial charge in [0.1, 0.15) is 0 Å². The lowest BCUT2D eigenvalue weighted by molar-refractivity contribution is 0.170. The second kappa shape index (κ2) is 8.32. The van der Waals surface area contributed by atoms with Gasteiger partial charge < -0.3 is 14.2 Å². The van der Waals surface area contributed by atoms with E-state index in [9.17, 15) is 0 Å². The van der Waals surface area contributed by atoms with Gasteiger partial charge >= 0.3 is 0 Å². The Kier molecular flexibility index (Phi) is 7.09. The molecule has 1 aromatic rings. The van der Waals surface area contributed by atoms with Gasteiger partial charge in [0.15, 0.2) is 11.5 Å². The summed E-state index contributed by atoms with van der Waals surface area (Å²) in [5.41, 5.74) is 3.79. The van der Waals surface area contributed by atoms with E-state index in [0.29, 0.717) is 23.1 Å². The average Bonchev–Trinajstić information content (AvgIpc) is 2.45. The van der Waals surface area contributed by atoms with Crippen LogP contribution < -0.4 is 20.7 Å². The molecule has 3 N–H and O–H groups in total. The number of hydrogen-bond acceptors (Lipinski definition) is 5. The summed E-state index contributed by atoms with van der Waals surface area (Å²) in [7, 11) is 4.82. The highest BCUT2D eigenvalue weighted by Crippen LogP contribution is 2.39. The van der Waals surface area contributed by atoms with Gasteiger partial charge in [-0.3, -0.25) is 11.3 Å². The van der Waals surface area contributed by atoms with Crippen molar-refractivity contribution in [3.63, 3.8) is 0 Å². The molecule has 0 spiro atoms. The molecule has 2 atom stereocenters. The maximum absolute atomic E-state index is 6.23. The van der Waals surface area contributed by atoms with Crippen LogP contribution in [0.4, 0.5) is 0 Å². The lowest BCUT2D eigenvalue weighted by Gasteiger charge is -2.24. The first-order valence-electron chi connectivity index (χ1n) is 6.45. The summed E-state index contributed by atoms with van der Waals surface area (Å²) in [6.45, 7) is 2.79. The van der Waals surface area contributed by atoms with E-state index in [-0.39, 0.29) is 12.0 Å². The number of benzene rings is 1. The Morgan fingerprint density at radius 3 is 2.45 bits per heavy atom. The number of rotatable bonds is 8. The second-order valence-electron chi connectivity index (χ2n) is 4.64. The van der Waals surface area contributed by atoms with Crippen molar-refractivity contribution in [1.82, 2.24) is 5.43 Å². The maximum Gasteiger partial charge on any atom is 0.179 e. The van der Waals surface area contributed by atoms with Crippen LogP contribution in [0, 0.1) is 5.92 Å². The molecule has 0 aromatic heterocycles. The van der Waals surface area contributed by atoms with E-state index in [1.54, 1.807) is 21.3 Å². The van der Waals surface area contributed by atoms with Crippen molar-refractivity contribution in [2.24, 2.45) is 11.8 Å². The quantitative estimate of drug-likeness (QED) is 0.570. The van der Waals surface area contributed by atoms with Crippen LogP contribution >= 0.6 is 11.6 Å². The SMILES string of the molecule is COCCC(C)C(NN)c1cc(Cl)c(OC)c(OC)c1. The normalized spacial score (nSPS) is 13.9. The average molecular weight is 303 g/mol. The molecular formula is C14H23ClN2O3. The van der Waals surface area contributed by atoms with Crippen molar-refractivity contribution in [2.75, 3.05) is 27.9 Å². The van der Waals surface area contributed by atoms with Crippen LogP contribution in [-0.2, 0) is 4.74 Å². The third-order valence-electron chi connectivity index (χ3n) is 3.34. The van der Waals surface area contributed by atoms with Crippen molar-refractivity contribution >= 4 is 11.6 Å². The van der Waals surface area contributed by atoms with Crippen LogP contribution in [0.1, 0.15) is 24.9 Å². The van der Waals surface area contributed by atoms with Crippen molar-refractivity contribution < 1.29 is 14.2 Å². The van der Waals surface area contributed by atoms with E-state index >= 15 is 0 Å². The Morgan fingerprint density at radius 1 is 1.25 bits per heavy atom. The van der Waals surface area contributed by atoms with E-state index in [4.69, 9.17) is 31.7 Å². The van der Waals surface area contributed by atoms with Crippen LogP contribution in [0.15, 0.2) is 12.1 Å². The summed E-state index contributed by atoms with van der Waals surface area (Å²) >= 11 is 6.23. The van der Waals surface area contributed by atoms with Gasteiger partial charge in [-0.15, -0.1) is 0 Å². The standard InChI is InChI=1S/C14H23ClN2O3/c1-9(5-6-18-2)13(17-16)10-7-11(15)14(20-4)12(8-10)19-3/h7-9,13,17H,5-6,16H2,1-4H3. The highest BCUT2D eigenvalue weighted by Gasteiger charge is 2.21. The van der Waals surface area contributed by atoms with Gasteiger partial charge in [-0.05, 0) is 30.0 Å². The zero-order valence-corrected chi connectivity index (χ0v) is 13.2. The Labute approximate surface area is 125 Å². The molecule has 2 unspecified atom stereocenters. The first-order chi connectivity index (χ1) is 9.58. The number of nitrogens with one attached hydrogen (secondary N) is 1. The molecule has 5 nitrogen and oxygen atoms in total. The summed E-state index contributed by atoms with van der Waals surface area (Å²) in [4.78, 5) is 0. The minimum Gasteiger partial charge on any atom is -0.493 e. The van der Waals surface area contributed by atoms with Crippen LogP contribution in [-0.4, -0.2) is 27.9 Å². The number of methoxy groups -OCH3 is 3. The molecule has 0 saturated heterocycles. The third kappa shape index (κ3) is 3.99. The van der Waals surface area contributed by atoms with Gasteiger partial charge in [0.2, 0.25) is 0 Å². The molecule has 20 heavy (non-hydrogen) atoms. The lowest BCUT2D eigenvalue weighted by atomic mass is 9.92. The van der Waals surface area contributed by atoms with Crippen LogP contribution in [0.25, 0.3) is 0 Å². The molecule has 0 saturated carbocycles. The number of ether oxygens (including phenoxy) is 3. The fraction of sp³-hybridized carbons (Fsp3) is 0.571. The van der Waals surface area contributed by atoms with Crippen molar-refractivity contribution in [2.45, 2.75) is 19.4 Å². The van der Waals surface area contributed by atoms with Gasteiger partial charge in [-0.1, -0.05) is 18.5 Å². The predicted octanol–water partition coefficient (Wildman–Crippen LogP) is 2.53. The summed E-state index contributed by atoms with van der Waals surface area (Å²) in [6.07, 6.45) is 0.886. The van der Waals surface area contributed by atoms with Gasteiger partial charge in [0.05, 0.1) is 19.2 Å². The fourth-order valence-electron chi connectivity index (χ4n) is 2.18. The third-order valence-corrected chi connectivity index (χ3v) is 3.62. The predicted molar refractivity (Wildman–Crippen MR) is 80.3 cm³/mol. The monoisotopic (exact) mass is 302 g/mol. The summed E-state index contributed by atoms with van der Waals surface area (Å²) in [5.74, 6) is 7.09. The minimum absolute atomic E-state index is 0.0394. The van der Waals surface area contributed by atoms with Gasteiger partial charge in [0, 0.05) is 19.8 Å². The molecular weight excluding hydrogens is 280 g/mol. The van der Waals surface area contributed by atoms with E-state index in [1.165, 1.54) is 0 Å². The maximum atomic E-state index is 6.23. The van der Waals surface area contributed by atoms with E-state index in [2.05, 4.69) is 12.3 Å². The zero-order chi connectivity index (χ0) is 15.1. The molecule has 0 bridgehead atoms. The van der Waals surface area contributed by atoms with Crippen molar-refractivity contribution in [1.29, 1.82) is 0 Å². The van der Waals surface area contributed by atoms with E-state index in [0.717, 1.165) is 12.0 Å². The molecule has 0 radical (unpaired) electrons. The molecule has 0 aliphatic carbocycles. The Morgan fingerprint density at radius 2 is 1.95 bits per heavy atom. The topological polar surface area (TPSA) is 65.7 Å². The molecule has 0 aliphatic heterocycles. The lowest BCUT2D eigenvalue weighted by Crippen LogP contribution is -2.33. The molecule has 0 aliphatic rings. The summed E-state index contributed by atoms with van der Waals surface area (Å²) < 4.78 is 15.7. The molecule has 0 heterocycles. The van der Waals surface area contributed by atoms with Gasteiger partial charge in [0.25, 0.3) is 0 Å². The number of hydrogen-bond donors (Lipinski definition) is 2. The molecule has 114 valence electrons. The number of halogens is 1. The Balaban J connectivity index is 3.06. The summed E-state index contributed by atoms with van der Waals surface area (Å²) in [5, 5.41) is 0.501. The minimum atomic E-state index is -0.0394. The summed E-state index contributed by atoms with van der Waals surface area (Å²) in [6, 6.07) is 3.69. The first-order valence-corrected chi connectivity index (χ1v) is 6.83. The molecule has 1 rings (SSSR count). The van der Waals surface area contributed by atoms with Gasteiger partial charge in [-0.2, -0.15) is 0 Å². The molecule has 0 amide bonds. The van der Waals surface area contributed by atoms with Crippen molar-refractivity contribution in [3.8, 4) is 11.5 Å². The van der Waals surface area contributed by atoms with E-state index in [1.807, 2.05) is 12.1 Å². The highest BCUT2D eigenvalue weighted by atomic mass is 35.5. The van der Waals surface area contributed by atoms with Crippen LogP contribution in [0.3, 0.4) is 0 Å². The van der Waals surface area contributed by atoms with Crippen LogP contribution in [0.5, 0.6) is 11.5 Å². The fourth-order valence-corrected chi connectivity index (χ4v) is 2.47. The van der Waals surface area contributed by atoms with Gasteiger partial charge in [-0.25, -0.2) is 0 Å². The number of hydrazine groups is 1.